The van der Waals surface area contributed by atoms with Crippen molar-refractivity contribution >= 4 is 17.4 Å². The Morgan fingerprint density at radius 2 is 2.12 bits per heavy atom. The standard InChI is InChI=1S/C12H12ClN3O/c1-8-7-9(5-6-10(8)13)17-12-4-2-3-11(15-12)16-14/h2-7H,14H2,1H3,(H,15,16). The Balaban J connectivity index is 2.22. The number of anilines is 1. The molecule has 0 aliphatic rings. The van der Waals surface area contributed by atoms with Gasteiger partial charge in [-0.25, -0.2) is 5.84 Å². The number of aryl methyl sites for hydroxylation is 1. The summed E-state index contributed by atoms with van der Waals surface area (Å²) in [4.78, 5) is 4.15. The van der Waals surface area contributed by atoms with Gasteiger partial charge in [-0.3, -0.25) is 0 Å². The molecule has 1 aromatic heterocycles. The van der Waals surface area contributed by atoms with E-state index in [9.17, 15) is 0 Å². The molecule has 0 aliphatic heterocycles. The lowest BCUT2D eigenvalue weighted by Gasteiger charge is -2.07. The maximum Gasteiger partial charge on any atom is 0.221 e. The largest absolute Gasteiger partial charge is 0.439 e. The summed E-state index contributed by atoms with van der Waals surface area (Å²) in [6.07, 6.45) is 0. The SMILES string of the molecule is Cc1cc(Oc2cccc(NN)n2)ccc1Cl. The summed E-state index contributed by atoms with van der Waals surface area (Å²) in [6.45, 7) is 1.92. The van der Waals surface area contributed by atoms with Gasteiger partial charge in [-0.05, 0) is 36.8 Å². The van der Waals surface area contributed by atoms with Crippen LogP contribution in [0.3, 0.4) is 0 Å². The molecule has 0 saturated carbocycles. The molecule has 4 nitrogen and oxygen atoms in total. The molecule has 0 amide bonds. The van der Waals surface area contributed by atoms with E-state index in [2.05, 4.69) is 10.4 Å². The van der Waals surface area contributed by atoms with E-state index in [-0.39, 0.29) is 0 Å². The summed E-state index contributed by atoms with van der Waals surface area (Å²) >= 11 is 5.93. The smallest absolute Gasteiger partial charge is 0.221 e. The minimum absolute atomic E-state index is 0.474. The molecular weight excluding hydrogens is 238 g/mol. The van der Waals surface area contributed by atoms with Crippen LogP contribution in [0.1, 0.15) is 5.56 Å². The summed E-state index contributed by atoms with van der Waals surface area (Å²) in [6, 6.07) is 10.7. The average molecular weight is 250 g/mol. The number of halogens is 1. The van der Waals surface area contributed by atoms with E-state index in [0.717, 1.165) is 5.56 Å². The highest BCUT2D eigenvalue weighted by molar-refractivity contribution is 6.31. The van der Waals surface area contributed by atoms with Crippen molar-refractivity contribution in [3.8, 4) is 11.6 Å². The molecule has 0 radical (unpaired) electrons. The second kappa shape index (κ2) is 5.03. The van der Waals surface area contributed by atoms with Crippen LogP contribution in [0, 0.1) is 6.92 Å². The van der Waals surface area contributed by atoms with Gasteiger partial charge < -0.3 is 10.2 Å². The molecule has 0 atom stereocenters. The molecule has 0 spiro atoms. The number of nitrogens with one attached hydrogen (secondary N) is 1. The molecule has 0 aliphatic carbocycles. The van der Waals surface area contributed by atoms with Crippen LogP contribution < -0.4 is 16.0 Å². The molecule has 2 aromatic rings. The number of nitrogen functional groups attached to an aromatic ring is 1. The molecule has 0 bridgehead atoms. The van der Waals surface area contributed by atoms with Gasteiger partial charge in [0.1, 0.15) is 11.6 Å². The van der Waals surface area contributed by atoms with Gasteiger partial charge in [0.15, 0.2) is 0 Å². The van der Waals surface area contributed by atoms with E-state index >= 15 is 0 Å². The molecule has 3 N–H and O–H groups in total. The van der Waals surface area contributed by atoms with Gasteiger partial charge in [-0.1, -0.05) is 17.7 Å². The van der Waals surface area contributed by atoms with E-state index in [1.54, 1.807) is 30.3 Å². The summed E-state index contributed by atoms with van der Waals surface area (Å²) in [5, 5.41) is 0.711. The second-order valence-electron chi connectivity index (χ2n) is 3.52. The van der Waals surface area contributed by atoms with Gasteiger partial charge in [0, 0.05) is 11.1 Å². The molecule has 17 heavy (non-hydrogen) atoms. The number of nitrogens with zero attached hydrogens (tertiary/aromatic N) is 1. The highest BCUT2D eigenvalue weighted by Crippen LogP contribution is 2.25. The van der Waals surface area contributed by atoms with Crippen LogP contribution in [0.4, 0.5) is 5.82 Å². The fraction of sp³-hybridized carbons (Fsp3) is 0.0833. The van der Waals surface area contributed by atoms with Crippen LogP contribution in [0.5, 0.6) is 11.6 Å². The molecule has 0 fully saturated rings. The molecule has 1 heterocycles. The Hall–Kier alpha value is -1.78. The van der Waals surface area contributed by atoms with Gasteiger partial charge in [-0.2, -0.15) is 4.98 Å². The van der Waals surface area contributed by atoms with E-state index in [4.69, 9.17) is 22.2 Å². The lowest BCUT2D eigenvalue weighted by molar-refractivity contribution is 0.463. The first kappa shape index (κ1) is 11.7. The van der Waals surface area contributed by atoms with Crippen LogP contribution in [-0.2, 0) is 0 Å². The molecule has 88 valence electrons. The van der Waals surface area contributed by atoms with Gasteiger partial charge >= 0.3 is 0 Å². The third-order valence-corrected chi connectivity index (χ3v) is 2.65. The second-order valence-corrected chi connectivity index (χ2v) is 3.93. The zero-order valence-corrected chi connectivity index (χ0v) is 10.0. The number of benzene rings is 1. The van der Waals surface area contributed by atoms with E-state index in [1.807, 2.05) is 13.0 Å². The number of nitrogens with two attached hydrogens (primary N) is 1. The Morgan fingerprint density at radius 1 is 1.29 bits per heavy atom. The van der Waals surface area contributed by atoms with Crippen LogP contribution in [0.15, 0.2) is 36.4 Å². The quantitative estimate of drug-likeness (QED) is 0.648. The first-order chi connectivity index (χ1) is 8.19. The van der Waals surface area contributed by atoms with Crippen LogP contribution in [-0.4, -0.2) is 4.98 Å². The highest BCUT2D eigenvalue weighted by Gasteiger charge is 2.02. The monoisotopic (exact) mass is 249 g/mol. The fourth-order valence-electron chi connectivity index (χ4n) is 1.35. The number of ether oxygens (including phenoxy) is 1. The lowest BCUT2D eigenvalue weighted by Crippen LogP contribution is -2.08. The van der Waals surface area contributed by atoms with E-state index < -0.39 is 0 Å². The van der Waals surface area contributed by atoms with Crippen molar-refractivity contribution in [1.29, 1.82) is 0 Å². The van der Waals surface area contributed by atoms with Gasteiger partial charge in [0.05, 0.1) is 0 Å². The maximum absolute atomic E-state index is 5.93. The Kier molecular flexibility index (Phi) is 3.46. The van der Waals surface area contributed by atoms with Crippen molar-refractivity contribution in [1.82, 2.24) is 4.98 Å². The minimum Gasteiger partial charge on any atom is -0.439 e. The number of hydrogen-bond acceptors (Lipinski definition) is 4. The average Bonchev–Trinajstić information content (AvgIpc) is 2.34. The summed E-state index contributed by atoms with van der Waals surface area (Å²) in [7, 11) is 0. The number of aromatic nitrogens is 1. The summed E-state index contributed by atoms with van der Waals surface area (Å²) in [5.74, 6) is 6.98. The Bertz CT molecular complexity index is 531. The first-order valence-corrected chi connectivity index (χ1v) is 5.44. The fourth-order valence-corrected chi connectivity index (χ4v) is 1.47. The molecule has 2 rings (SSSR count). The van der Waals surface area contributed by atoms with Crippen molar-refractivity contribution in [2.45, 2.75) is 6.92 Å². The van der Waals surface area contributed by atoms with Crippen molar-refractivity contribution in [3.63, 3.8) is 0 Å². The lowest BCUT2D eigenvalue weighted by atomic mass is 10.2. The number of hydrazine groups is 1. The normalized spacial score (nSPS) is 10.1. The zero-order chi connectivity index (χ0) is 12.3. The third-order valence-electron chi connectivity index (χ3n) is 2.22. The van der Waals surface area contributed by atoms with Gasteiger partial charge in [0.2, 0.25) is 5.88 Å². The van der Waals surface area contributed by atoms with Crippen molar-refractivity contribution in [3.05, 3.63) is 47.0 Å². The molecule has 1 aromatic carbocycles. The van der Waals surface area contributed by atoms with E-state index in [0.29, 0.717) is 22.5 Å². The Labute approximate surface area is 104 Å². The summed E-state index contributed by atoms with van der Waals surface area (Å²) < 4.78 is 5.59. The number of hydrogen-bond donors (Lipinski definition) is 2. The Morgan fingerprint density at radius 3 is 2.82 bits per heavy atom. The number of rotatable bonds is 3. The van der Waals surface area contributed by atoms with Crippen molar-refractivity contribution in [2.24, 2.45) is 5.84 Å². The maximum atomic E-state index is 5.93. The van der Waals surface area contributed by atoms with Crippen molar-refractivity contribution in [2.75, 3.05) is 5.43 Å². The molecular formula is C12H12ClN3O. The summed E-state index contributed by atoms with van der Waals surface area (Å²) in [5.41, 5.74) is 3.42. The predicted molar refractivity (Wildman–Crippen MR) is 68.3 cm³/mol. The molecule has 5 heteroatoms. The number of pyridine rings is 1. The van der Waals surface area contributed by atoms with Gasteiger partial charge in [-0.15, -0.1) is 0 Å². The third kappa shape index (κ3) is 2.87. The van der Waals surface area contributed by atoms with Crippen LogP contribution in [0.25, 0.3) is 0 Å². The van der Waals surface area contributed by atoms with Crippen molar-refractivity contribution < 1.29 is 4.74 Å². The molecule has 0 saturated heterocycles. The van der Waals surface area contributed by atoms with E-state index in [1.165, 1.54) is 0 Å². The minimum atomic E-state index is 0.474. The van der Waals surface area contributed by atoms with Crippen LogP contribution in [0.2, 0.25) is 5.02 Å². The molecule has 0 unspecified atom stereocenters. The predicted octanol–water partition coefficient (Wildman–Crippen LogP) is 3.12. The topological polar surface area (TPSA) is 60.2 Å². The van der Waals surface area contributed by atoms with Gasteiger partial charge in [0.25, 0.3) is 0 Å². The van der Waals surface area contributed by atoms with Crippen LogP contribution >= 0.6 is 11.6 Å². The highest BCUT2D eigenvalue weighted by atomic mass is 35.5. The first-order valence-electron chi connectivity index (χ1n) is 5.07. The zero-order valence-electron chi connectivity index (χ0n) is 9.27.